The van der Waals surface area contributed by atoms with Crippen LogP contribution in [0.25, 0.3) is 17.5 Å². The molecular formula is C22H10Cl2F2N4O3. The Morgan fingerprint density at radius 3 is 2.48 bits per heavy atom. The highest BCUT2D eigenvalue weighted by atomic mass is 35.5. The monoisotopic (exact) mass is 486 g/mol. The lowest BCUT2D eigenvalue weighted by Gasteiger charge is -2.20. The van der Waals surface area contributed by atoms with Crippen LogP contribution in [-0.4, -0.2) is 9.55 Å². The molecule has 7 nitrogen and oxygen atoms in total. The summed E-state index contributed by atoms with van der Waals surface area (Å²) in [5.41, 5.74) is 4.31. The van der Waals surface area contributed by atoms with E-state index in [9.17, 15) is 18.8 Å². The van der Waals surface area contributed by atoms with Gasteiger partial charge in [0, 0.05) is 16.1 Å². The standard InChI is InChI=1S/C22H10Cl2F2N4O3/c23-11-3-1-5-13(25)9(11)7-15-21(31)32-19-10(8-27)16(17-12(24)4-2-6-14(17)26)18-20(30(15)19)33-22(28)29-18/h1-7,16H,(H2,28,29)/b15-7+/t16-/m1/s1. The van der Waals surface area contributed by atoms with E-state index < -0.39 is 23.2 Å². The zero-order valence-corrected chi connectivity index (χ0v) is 17.8. The summed E-state index contributed by atoms with van der Waals surface area (Å²) in [6.45, 7) is 0. The number of halogens is 4. The van der Waals surface area contributed by atoms with Crippen LogP contribution in [0.4, 0.5) is 14.8 Å². The Morgan fingerprint density at radius 2 is 1.82 bits per heavy atom. The van der Waals surface area contributed by atoms with E-state index in [1.807, 2.05) is 6.07 Å². The minimum Gasteiger partial charge on any atom is -0.406 e. The molecule has 1 atom stereocenters. The Labute approximate surface area is 193 Å². The van der Waals surface area contributed by atoms with Gasteiger partial charge in [-0.15, -0.1) is 0 Å². The van der Waals surface area contributed by atoms with E-state index in [-0.39, 0.29) is 55.2 Å². The molecule has 2 aromatic carbocycles. The summed E-state index contributed by atoms with van der Waals surface area (Å²) in [4.78, 5) is 16.9. The molecule has 0 bridgehead atoms. The molecule has 2 N–H and O–H groups in total. The smallest absolute Gasteiger partial charge is 0.362 e. The zero-order chi connectivity index (χ0) is 23.4. The number of nitrogens with two attached hydrogens (primary N) is 1. The molecule has 0 amide bonds. The van der Waals surface area contributed by atoms with E-state index in [1.54, 1.807) is 0 Å². The van der Waals surface area contributed by atoms with Crippen LogP contribution in [0.5, 0.6) is 0 Å². The molecule has 33 heavy (non-hydrogen) atoms. The van der Waals surface area contributed by atoms with Crippen LogP contribution in [0.1, 0.15) is 22.7 Å². The molecule has 1 aliphatic rings. The summed E-state index contributed by atoms with van der Waals surface area (Å²) in [6, 6.07) is 9.67. The average molecular weight is 487 g/mol. The molecule has 0 unspecified atom stereocenters. The van der Waals surface area contributed by atoms with Crippen LogP contribution >= 0.6 is 23.2 Å². The fourth-order valence-corrected chi connectivity index (χ4v) is 4.29. The summed E-state index contributed by atoms with van der Waals surface area (Å²) >= 11 is 12.3. The Morgan fingerprint density at radius 1 is 1.12 bits per heavy atom. The molecule has 11 heteroatoms. The van der Waals surface area contributed by atoms with E-state index in [2.05, 4.69) is 4.98 Å². The Hall–Kier alpha value is -3.87. The fourth-order valence-electron chi connectivity index (χ4n) is 3.80. The molecule has 0 saturated heterocycles. The first-order valence-electron chi connectivity index (χ1n) is 9.34. The Bertz CT molecular complexity index is 1640. The first-order valence-corrected chi connectivity index (χ1v) is 10.1. The largest absolute Gasteiger partial charge is 0.406 e. The van der Waals surface area contributed by atoms with Crippen molar-refractivity contribution in [2.75, 3.05) is 5.73 Å². The third kappa shape index (κ3) is 3.15. The van der Waals surface area contributed by atoms with Gasteiger partial charge >= 0.3 is 5.63 Å². The zero-order valence-electron chi connectivity index (χ0n) is 16.3. The normalized spacial score (nSPS) is 15.3. The summed E-state index contributed by atoms with van der Waals surface area (Å²) in [7, 11) is 0. The topological polar surface area (TPSA) is 111 Å². The first-order chi connectivity index (χ1) is 15.8. The summed E-state index contributed by atoms with van der Waals surface area (Å²) < 4.78 is 41.2. The van der Waals surface area contributed by atoms with Gasteiger partial charge in [-0.25, -0.2) is 18.1 Å². The summed E-state index contributed by atoms with van der Waals surface area (Å²) in [5, 5.41) is 9.81. The predicted octanol–water partition coefficient (Wildman–Crippen LogP) is 3.23. The van der Waals surface area contributed by atoms with Crippen molar-refractivity contribution in [1.29, 1.82) is 5.26 Å². The van der Waals surface area contributed by atoms with E-state index in [4.69, 9.17) is 37.8 Å². The van der Waals surface area contributed by atoms with Gasteiger partial charge in [-0.1, -0.05) is 35.3 Å². The second-order valence-electron chi connectivity index (χ2n) is 7.03. The number of rotatable bonds is 2. The van der Waals surface area contributed by atoms with Crippen LogP contribution in [0.3, 0.4) is 0 Å². The average Bonchev–Trinajstić information content (AvgIpc) is 3.29. The molecule has 0 radical (unpaired) electrons. The molecule has 4 aromatic rings. The van der Waals surface area contributed by atoms with Crippen molar-refractivity contribution in [2.45, 2.75) is 5.92 Å². The van der Waals surface area contributed by atoms with Gasteiger partial charge in [0.2, 0.25) is 11.4 Å². The maximum atomic E-state index is 14.8. The molecule has 0 fully saturated rings. The number of oxazole rings is 2. The lowest BCUT2D eigenvalue weighted by atomic mass is 9.87. The van der Waals surface area contributed by atoms with Crippen molar-refractivity contribution in [1.82, 2.24) is 9.55 Å². The molecule has 2 aromatic heterocycles. The summed E-state index contributed by atoms with van der Waals surface area (Å²) in [6.07, 6.45) is 1.15. The van der Waals surface area contributed by atoms with Crippen LogP contribution < -0.4 is 22.3 Å². The molecule has 0 saturated carbocycles. The minimum absolute atomic E-state index is 0.0209. The minimum atomic E-state index is -1.17. The van der Waals surface area contributed by atoms with Gasteiger partial charge in [0.1, 0.15) is 34.3 Å². The highest BCUT2D eigenvalue weighted by molar-refractivity contribution is 6.32. The molecule has 0 aliphatic carbocycles. The summed E-state index contributed by atoms with van der Waals surface area (Å²) in [5.74, 6) is -2.67. The Kier molecular flexibility index (Phi) is 4.85. The number of nitrogens with zero attached hydrogens (tertiary/aromatic N) is 3. The number of nitriles is 1. The van der Waals surface area contributed by atoms with Gasteiger partial charge in [-0.2, -0.15) is 10.2 Å². The van der Waals surface area contributed by atoms with E-state index in [0.29, 0.717) is 0 Å². The van der Waals surface area contributed by atoms with Gasteiger partial charge in [0.05, 0.1) is 10.9 Å². The third-order valence-corrected chi connectivity index (χ3v) is 5.84. The molecular weight excluding hydrogens is 477 g/mol. The SMILES string of the molecule is N#CC1=c2oc(=O)/c(=C\c3c(F)cccc3Cl)n2-c2oc(N)nc2[C@H]1c1c(F)cccc1Cl. The number of anilines is 1. The highest BCUT2D eigenvalue weighted by Gasteiger charge is 2.38. The molecule has 164 valence electrons. The second-order valence-corrected chi connectivity index (χ2v) is 7.85. The lowest BCUT2D eigenvalue weighted by Crippen LogP contribution is -2.35. The second kappa shape index (κ2) is 7.62. The van der Waals surface area contributed by atoms with E-state index in [0.717, 1.165) is 10.6 Å². The number of fused-ring (bicyclic) bond motifs is 3. The van der Waals surface area contributed by atoms with Gasteiger partial charge in [0.15, 0.2) is 0 Å². The number of benzene rings is 2. The number of hydrogen-bond donors (Lipinski definition) is 1. The van der Waals surface area contributed by atoms with Crippen LogP contribution in [0.2, 0.25) is 10.0 Å². The van der Waals surface area contributed by atoms with Crippen molar-refractivity contribution < 1.29 is 17.6 Å². The van der Waals surface area contributed by atoms with Gasteiger partial charge < -0.3 is 14.6 Å². The van der Waals surface area contributed by atoms with E-state index in [1.165, 1.54) is 36.4 Å². The van der Waals surface area contributed by atoms with Crippen molar-refractivity contribution in [3.05, 3.63) is 96.2 Å². The van der Waals surface area contributed by atoms with Crippen molar-refractivity contribution in [2.24, 2.45) is 0 Å². The van der Waals surface area contributed by atoms with Crippen molar-refractivity contribution >= 4 is 40.9 Å². The van der Waals surface area contributed by atoms with Gasteiger partial charge in [0.25, 0.3) is 6.01 Å². The lowest BCUT2D eigenvalue weighted by molar-refractivity contribution is 0.454. The molecule has 0 spiro atoms. The number of hydrogen-bond acceptors (Lipinski definition) is 6. The third-order valence-electron chi connectivity index (χ3n) is 5.18. The van der Waals surface area contributed by atoms with Crippen molar-refractivity contribution in [3.63, 3.8) is 0 Å². The van der Waals surface area contributed by atoms with Crippen LogP contribution in [-0.2, 0) is 0 Å². The first kappa shape index (κ1) is 21.0. The van der Waals surface area contributed by atoms with E-state index >= 15 is 0 Å². The van der Waals surface area contributed by atoms with Gasteiger partial charge in [-0.3, -0.25) is 0 Å². The van der Waals surface area contributed by atoms with Crippen LogP contribution in [0, 0.1) is 23.0 Å². The molecule has 3 heterocycles. The predicted molar refractivity (Wildman–Crippen MR) is 115 cm³/mol. The van der Waals surface area contributed by atoms with Gasteiger partial charge in [-0.05, 0) is 30.3 Å². The maximum Gasteiger partial charge on any atom is 0.362 e. The molecule has 1 aliphatic heterocycles. The number of aromatic nitrogens is 2. The quantitative estimate of drug-likeness (QED) is 0.465. The fraction of sp³-hybridized carbons (Fsp3) is 0.0455. The van der Waals surface area contributed by atoms with Crippen molar-refractivity contribution in [3.8, 4) is 12.0 Å². The molecule has 5 rings (SSSR count). The maximum absolute atomic E-state index is 14.8. The Balaban J connectivity index is 1.95. The number of nitrogen functional groups attached to an aromatic ring is 1. The highest BCUT2D eigenvalue weighted by Crippen LogP contribution is 2.41. The van der Waals surface area contributed by atoms with Crippen LogP contribution in [0.15, 0.2) is 50.0 Å².